The van der Waals surface area contributed by atoms with Gasteiger partial charge in [-0.3, -0.25) is 0 Å². The van der Waals surface area contributed by atoms with Gasteiger partial charge in [0.1, 0.15) is 5.82 Å². The Morgan fingerprint density at radius 1 is 1.47 bits per heavy atom. The first-order valence-electron chi connectivity index (χ1n) is 6.06. The minimum absolute atomic E-state index is 0.349. The van der Waals surface area contributed by atoms with Crippen molar-refractivity contribution in [1.82, 2.24) is 9.97 Å². The van der Waals surface area contributed by atoms with E-state index in [4.69, 9.17) is 5.73 Å². The molecule has 0 bridgehead atoms. The van der Waals surface area contributed by atoms with Crippen LogP contribution in [0, 0.1) is 0 Å². The lowest BCUT2D eigenvalue weighted by Crippen LogP contribution is -2.11. The summed E-state index contributed by atoms with van der Waals surface area (Å²) in [6.45, 7) is 2.78. The maximum atomic E-state index is 5.63. The molecule has 0 amide bonds. The van der Waals surface area contributed by atoms with Crippen LogP contribution in [0.4, 0.5) is 0 Å². The molecular formula is C12H21N3. The first kappa shape index (κ1) is 10.7. The normalized spacial score (nSPS) is 20.4. The fraction of sp³-hybridized carbons (Fsp3) is 0.750. The van der Waals surface area contributed by atoms with Gasteiger partial charge in [0.15, 0.2) is 0 Å². The Balaban J connectivity index is 2.05. The fourth-order valence-corrected chi connectivity index (χ4v) is 2.33. The highest BCUT2D eigenvalue weighted by atomic mass is 14.9. The second-order valence-electron chi connectivity index (χ2n) is 4.70. The van der Waals surface area contributed by atoms with Gasteiger partial charge in [-0.25, -0.2) is 4.98 Å². The third-order valence-corrected chi connectivity index (χ3v) is 3.48. The molecule has 1 aliphatic rings. The summed E-state index contributed by atoms with van der Waals surface area (Å²) in [5, 5.41) is 0. The number of nitrogens with one attached hydrogen (secondary N) is 1. The molecule has 0 aromatic carbocycles. The number of imidazole rings is 1. The van der Waals surface area contributed by atoms with E-state index in [-0.39, 0.29) is 0 Å². The molecule has 0 radical (unpaired) electrons. The molecule has 1 unspecified atom stereocenters. The molecule has 3 N–H and O–H groups in total. The van der Waals surface area contributed by atoms with Gasteiger partial charge in [0, 0.05) is 30.3 Å². The second-order valence-corrected chi connectivity index (χ2v) is 4.70. The number of rotatable bonds is 3. The summed E-state index contributed by atoms with van der Waals surface area (Å²) in [7, 11) is 0. The van der Waals surface area contributed by atoms with E-state index >= 15 is 0 Å². The summed E-state index contributed by atoms with van der Waals surface area (Å²) in [6.07, 6.45) is 8.78. The average molecular weight is 207 g/mol. The van der Waals surface area contributed by atoms with Gasteiger partial charge in [-0.05, 0) is 12.8 Å². The molecule has 15 heavy (non-hydrogen) atoms. The smallest absolute Gasteiger partial charge is 0.110 e. The second kappa shape index (κ2) is 4.79. The lowest BCUT2D eigenvalue weighted by Gasteiger charge is -2.19. The fourth-order valence-electron chi connectivity index (χ4n) is 2.33. The van der Waals surface area contributed by atoms with Crippen LogP contribution in [0.2, 0.25) is 0 Å². The molecule has 1 aliphatic carbocycles. The van der Waals surface area contributed by atoms with Gasteiger partial charge < -0.3 is 10.7 Å². The van der Waals surface area contributed by atoms with Crippen molar-refractivity contribution in [3.8, 4) is 0 Å². The number of H-pyrrole nitrogens is 1. The van der Waals surface area contributed by atoms with Crippen molar-refractivity contribution < 1.29 is 0 Å². The predicted molar refractivity (Wildman–Crippen MR) is 61.9 cm³/mol. The lowest BCUT2D eigenvalue weighted by atomic mass is 9.87. The van der Waals surface area contributed by atoms with Crippen molar-refractivity contribution in [2.75, 3.05) is 6.54 Å². The number of aromatic amines is 1. The Kier molecular flexibility index (Phi) is 3.41. The Morgan fingerprint density at radius 2 is 2.20 bits per heavy atom. The van der Waals surface area contributed by atoms with E-state index in [0.717, 1.165) is 5.82 Å². The van der Waals surface area contributed by atoms with Gasteiger partial charge >= 0.3 is 0 Å². The Bertz CT molecular complexity index is 300. The van der Waals surface area contributed by atoms with Crippen LogP contribution in [-0.4, -0.2) is 16.5 Å². The highest BCUT2D eigenvalue weighted by Gasteiger charge is 2.18. The average Bonchev–Trinajstić information content (AvgIpc) is 2.78. The molecule has 0 spiro atoms. The van der Waals surface area contributed by atoms with Crippen LogP contribution in [0.25, 0.3) is 0 Å². The van der Waals surface area contributed by atoms with Crippen molar-refractivity contribution in [2.24, 2.45) is 5.73 Å². The van der Waals surface area contributed by atoms with Gasteiger partial charge in [0.25, 0.3) is 0 Å². The van der Waals surface area contributed by atoms with Crippen molar-refractivity contribution in [1.29, 1.82) is 0 Å². The molecule has 1 saturated carbocycles. The summed E-state index contributed by atoms with van der Waals surface area (Å²) in [6, 6.07) is 0. The summed E-state index contributed by atoms with van der Waals surface area (Å²) in [4.78, 5) is 7.87. The summed E-state index contributed by atoms with van der Waals surface area (Å²) in [5.74, 6) is 2.12. The summed E-state index contributed by atoms with van der Waals surface area (Å²) < 4.78 is 0. The summed E-state index contributed by atoms with van der Waals surface area (Å²) >= 11 is 0. The zero-order valence-corrected chi connectivity index (χ0v) is 9.50. The van der Waals surface area contributed by atoms with E-state index in [2.05, 4.69) is 16.9 Å². The third kappa shape index (κ3) is 2.40. The first-order chi connectivity index (χ1) is 7.31. The Hall–Kier alpha value is -0.830. The minimum Gasteiger partial charge on any atom is -0.345 e. The third-order valence-electron chi connectivity index (χ3n) is 3.48. The van der Waals surface area contributed by atoms with Crippen LogP contribution in [0.3, 0.4) is 0 Å². The number of nitrogens with two attached hydrogens (primary N) is 1. The maximum Gasteiger partial charge on any atom is 0.110 e. The van der Waals surface area contributed by atoms with Crippen LogP contribution in [0.5, 0.6) is 0 Å². The minimum atomic E-state index is 0.349. The largest absolute Gasteiger partial charge is 0.345 e. The maximum absolute atomic E-state index is 5.63. The number of hydrogen-bond donors (Lipinski definition) is 2. The topological polar surface area (TPSA) is 54.7 Å². The highest BCUT2D eigenvalue weighted by molar-refractivity contribution is 5.10. The molecule has 84 valence electrons. The molecule has 3 nitrogen and oxygen atoms in total. The quantitative estimate of drug-likeness (QED) is 0.800. The number of aromatic nitrogens is 2. The van der Waals surface area contributed by atoms with E-state index in [9.17, 15) is 0 Å². The molecule has 1 fully saturated rings. The molecule has 0 aliphatic heterocycles. The van der Waals surface area contributed by atoms with Crippen LogP contribution < -0.4 is 5.73 Å². The van der Waals surface area contributed by atoms with E-state index in [0.29, 0.717) is 18.4 Å². The zero-order chi connectivity index (χ0) is 10.7. The highest BCUT2D eigenvalue weighted by Crippen LogP contribution is 2.31. The molecule has 0 saturated heterocycles. The molecule has 1 aromatic heterocycles. The first-order valence-corrected chi connectivity index (χ1v) is 6.06. The SMILES string of the molecule is CC(CN)c1ncc(C2CCCCC2)[nH]1. The van der Waals surface area contributed by atoms with E-state index < -0.39 is 0 Å². The molecule has 2 rings (SSSR count). The van der Waals surface area contributed by atoms with Crippen molar-refractivity contribution in [3.05, 3.63) is 17.7 Å². The van der Waals surface area contributed by atoms with Crippen LogP contribution in [0.15, 0.2) is 6.20 Å². The lowest BCUT2D eigenvalue weighted by molar-refractivity contribution is 0.437. The van der Waals surface area contributed by atoms with Crippen LogP contribution in [0.1, 0.15) is 62.4 Å². The number of nitrogens with zero attached hydrogens (tertiary/aromatic N) is 1. The van der Waals surface area contributed by atoms with Crippen LogP contribution >= 0.6 is 0 Å². The molecule has 3 heteroatoms. The summed E-state index contributed by atoms with van der Waals surface area (Å²) in [5.41, 5.74) is 6.96. The molecular weight excluding hydrogens is 186 g/mol. The van der Waals surface area contributed by atoms with Gasteiger partial charge in [0.05, 0.1) is 0 Å². The van der Waals surface area contributed by atoms with Crippen molar-refractivity contribution in [2.45, 2.75) is 50.9 Å². The van der Waals surface area contributed by atoms with Gasteiger partial charge in [-0.1, -0.05) is 26.2 Å². The predicted octanol–water partition coefficient (Wildman–Crippen LogP) is 2.52. The van der Waals surface area contributed by atoms with Crippen molar-refractivity contribution in [3.63, 3.8) is 0 Å². The monoisotopic (exact) mass is 207 g/mol. The Morgan fingerprint density at radius 3 is 2.87 bits per heavy atom. The van der Waals surface area contributed by atoms with Crippen molar-refractivity contribution >= 4 is 0 Å². The molecule has 1 atom stereocenters. The van der Waals surface area contributed by atoms with E-state index in [1.54, 1.807) is 0 Å². The molecule has 1 heterocycles. The van der Waals surface area contributed by atoms with Gasteiger partial charge in [-0.15, -0.1) is 0 Å². The van der Waals surface area contributed by atoms with E-state index in [1.165, 1.54) is 37.8 Å². The zero-order valence-electron chi connectivity index (χ0n) is 9.50. The Labute approximate surface area is 91.5 Å². The molecule has 1 aromatic rings. The van der Waals surface area contributed by atoms with Gasteiger partial charge in [0.2, 0.25) is 0 Å². The van der Waals surface area contributed by atoms with E-state index in [1.807, 2.05) is 6.20 Å². The number of hydrogen-bond acceptors (Lipinski definition) is 2. The standard InChI is InChI=1S/C12H21N3/c1-9(7-13)12-14-8-11(15-12)10-5-3-2-4-6-10/h8-10H,2-7,13H2,1H3,(H,14,15). The van der Waals surface area contributed by atoms with Crippen LogP contribution in [-0.2, 0) is 0 Å². The van der Waals surface area contributed by atoms with Gasteiger partial charge in [-0.2, -0.15) is 0 Å².